The van der Waals surface area contributed by atoms with Gasteiger partial charge in [0.05, 0.1) is 0 Å². The monoisotopic (exact) mass is 246 g/mol. The van der Waals surface area contributed by atoms with Crippen LogP contribution in [0.25, 0.3) is 0 Å². The van der Waals surface area contributed by atoms with E-state index in [2.05, 4.69) is 25.2 Å². The number of carbonyl (C=O) groups is 1. The summed E-state index contributed by atoms with van der Waals surface area (Å²) in [6.07, 6.45) is 0. The molecule has 2 unspecified atom stereocenters. The fourth-order valence-electron chi connectivity index (χ4n) is 2.46. The summed E-state index contributed by atoms with van der Waals surface area (Å²) in [7, 11) is 0. The van der Waals surface area contributed by atoms with Gasteiger partial charge in [0.25, 0.3) is 5.91 Å². The first kappa shape index (κ1) is 13.1. The zero-order valence-corrected chi connectivity index (χ0v) is 11.7. The number of hydrogen-bond acceptors (Lipinski definition) is 2. The lowest BCUT2D eigenvalue weighted by Gasteiger charge is -2.39. The van der Waals surface area contributed by atoms with E-state index < -0.39 is 0 Å². The van der Waals surface area contributed by atoms with Crippen molar-refractivity contribution in [3.63, 3.8) is 0 Å². The smallest absolute Gasteiger partial charge is 0.254 e. The van der Waals surface area contributed by atoms with Gasteiger partial charge in [-0.3, -0.25) is 4.79 Å². The third-order valence-electron chi connectivity index (χ3n) is 3.92. The molecule has 3 heteroatoms. The minimum Gasteiger partial charge on any atom is -0.333 e. The molecular weight excluding hydrogens is 224 g/mol. The summed E-state index contributed by atoms with van der Waals surface area (Å²) in [6, 6.07) is 6.67. The lowest BCUT2D eigenvalue weighted by atomic mass is 10.0. The Balaban J connectivity index is 2.27. The molecular formula is C15H22N2O. The van der Waals surface area contributed by atoms with E-state index in [1.165, 1.54) is 0 Å². The molecule has 1 N–H and O–H groups in total. The number of nitrogens with one attached hydrogen (secondary N) is 1. The van der Waals surface area contributed by atoms with Crippen LogP contribution in [0.5, 0.6) is 0 Å². The molecule has 1 aliphatic heterocycles. The summed E-state index contributed by atoms with van der Waals surface area (Å²) >= 11 is 0. The molecule has 98 valence electrons. The van der Waals surface area contributed by atoms with Gasteiger partial charge in [-0.2, -0.15) is 0 Å². The second kappa shape index (κ2) is 5.11. The van der Waals surface area contributed by atoms with E-state index in [0.29, 0.717) is 6.04 Å². The number of aryl methyl sites for hydroxylation is 2. The van der Waals surface area contributed by atoms with Gasteiger partial charge in [0, 0.05) is 30.7 Å². The highest BCUT2D eigenvalue weighted by atomic mass is 16.2. The molecule has 1 aromatic rings. The number of hydrogen-bond donors (Lipinski definition) is 1. The topological polar surface area (TPSA) is 32.3 Å². The average molecular weight is 246 g/mol. The van der Waals surface area contributed by atoms with Crippen LogP contribution in [0, 0.1) is 13.8 Å². The van der Waals surface area contributed by atoms with Gasteiger partial charge in [0.2, 0.25) is 0 Å². The van der Waals surface area contributed by atoms with Crippen LogP contribution in [0.15, 0.2) is 18.2 Å². The van der Waals surface area contributed by atoms with E-state index in [1.54, 1.807) is 0 Å². The molecule has 1 saturated heterocycles. The Morgan fingerprint density at radius 2 is 2.06 bits per heavy atom. The molecule has 0 aromatic heterocycles. The Morgan fingerprint density at radius 1 is 1.33 bits per heavy atom. The molecule has 18 heavy (non-hydrogen) atoms. The van der Waals surface area contributed by atoms with Crippen molar-refractivity contribution in [2.45, 2.75) is 39.8 Å². The lowest BCUT2D eigenvalue weighted by molar-refractivity contribution is 0.0602. The second-order valence-electron chi connectivity index (χ2n) is 5.30. The fourth-order valence-corrected chi connectivity index (χ4v) is 2.46. The van der Waals surface area contributed by atoms with Crippen molar-refractivity contribution in [3.05, 3.63) is 34.9 Å². The van der Waals surface area contributed by atoms with Crippen LogP contribution >= 0.6 is 0 Å². The maximum Gasteiger partial charge on any atom is 0.254 e. The first-order valence-electron chi connectivity index (χ1n) is 6.62. The van der Waals surface area contributed by atoms with Gasteiger partial charge in [-0.15, -0.1) is 0 Å². The van der Waals surface area contributed by atoms with Gasteiger partial charge in [-0.1, -0.05) is 17.7 Å². The van der Waals surface area contributed by atoms with Crippen LogP contribution in [0.4, 0.5) is 0 Å². The van der Waals surface area contributed by atoms with Crippen molar-refractivity contribution < 1.29 is 4.79 Å². The van der Waals surface area contributed by atoms with Gasteiger partial charge < -0.3 is 10.2 Å². The number of rotatable bonds is 1. The summed E-state index contributed by atoms with van der Waals surface area (Å²) in [6.45, 7) is 9.94. The Labute approximate surface area is 109 Å². The second-order valence-corrected chi connectivity index (χ2v) is 5.30. The predicted molar refractivity (Wildman–Crippen MR) is 73.9 cm³/mol. The molecule has 2 rings (SSSR count). The van der Waals surface area contributed by atoms with Crippen LogP contribution in [0.2, 0.25) is 0 Å². The highest BCUT2D eigenvalue weighted by molar-refractivity contribution is 5.96. The summed E-state index contributed by atoms with van der Waals surface area (Å²) in [5.41, 5.74) is 3.04. The van der Waals surface area contributed by atoms with Gasteiger partial charge in [0.15, 0.2) is 0 Å². The summed E-state index contributed by atoms with van der Waals surface area (Å²) in [4.78, 5) is 14.6. The molecule has 1 amide bonds. The minimum absolute atomic E-state index is 0.164. The summed E-state index contributed by atoms with van der Waals surface area (Å²) in [5, 5.41) is 3.40. The maximum atomic E-state index is 12.6. The molecule has 1 fully saturated rings. The largest absolute Gasteiger partial charge is 0.333 e. The maximum absolute atomic E-state index is 12.6. The normalized spacial score (nSPS) is 24.1. The van der Waals surface area contributed by atoms with E-state index in [0.717, 1.165) is 29.8 Å². The van der Waals surface area contributed by atoms with Crippen LogP contribution in [0.1, 0.15) is 35.3 Å². The molecule has 1 aromatic carbocycles. The highest BCUT2D eigenvalue weighted by Crippen LogP contribution is 2.17. The van der Waals surface area contributed by atoms with Crippen molar-refractivity contribution in [2.24, 2.45) is 0 Å². The predicted octanol–water partition coefficient (Wildman–Crippen LogP) is 2.13. The van der Waals surface area contributed by atoms with Crippen molar-refractivity contribution in [1.29, 1.82) is 0 Å². The van der Waals surface area contributed by atoms with Crippen LogP contribution < -0.4 is 5.32 Å². The first-order valence-corrected chi connectivity index (χ1v) is 6.62. The van der Waals surface area contributed by atoms with Crippen molar-refractivity contribution in [2.75, 3.05) is 13.1 Å². The van der Waals surface area contributed by atoms with E-state index in [4.69, 9.17) is 0 Å². The minimum atomic E-state index is 0.164. The average Bonchev–Trinajstić information content (AvgIpc) is 2.35. The quantitative estimate of drug-likeness (QED) is 0.823. The van der Waals surface area contributed by atoms with Crippen molar-refractivity contribution in [3.8, 4) is 0 Å². The van der Waals surface area contributed by atoms with Gasteiger partial charge in [-0.05, 0) is 39.3 Å². The van der Waals surface area contributed by atoms with Crippen LogP contribution in [-0.2, 0) is 0 Å². The number of carbonyl (C=O) groups excluding carboxylic acids is 1. The summed E-state index contributed by atoms with van der Waals surface area (Å²) < 4.78 is 0. The van der Waals surface area contributed by atoms with E-state index in [-0.39, 0.29) is 11.9 Å². The SMILES string of the molecule is Cc1ccc(C)c(C(=O)N2CCNC(C)C2C)c1. The number of amides is 1. The number of piperazine rings is 1. The van der Waals surface area contributed by atoms with Crippen molar-refractivity contribution in [1.82, 2.24) is 10.2 Å². The Bertz CT molecular complexity index is 456. The first-order chi connectivity index (χ1) is 8.50. The fraction of sp³-hybridized carbons (Fsp3) is 0.533. The molecule has 0 spiro atoms. The Kier molecular flexibility index (Phi) is 3.71. The molecule has 0 bridgehead atoms. The van der Waals surface area contributed by atoms with Gasteiger partial charge in [0.1, 0.15) is 0 Å². The highest BCUT2D eigenvalue weighted by Gasteiger charge is 2.29. The van der Waals surface area contributed by atoms with E-state index in [9.17, 15) is 4.79 Å². The zero-order chi connectivity index (χ0) is 13.3. The molecule has 0 aliphatic carbocycles. The number of nitrogens with zero attached hydrogens (tertiary/aromatic N) is 1. The molecule has 2 atom stereocenters. The summed E-state index contributed by atoms with van der Waals surface area (Å²) in [5.74, 6) is 0.164. The molecule has 0 saturated carbocycles. The third kappa shape index (κ3) is 2.41. The lowest BCUT2D eigenvalue weighted by Crippen LogP contribution is -2.57. The molecule has 0 radical (unpaired) electrons. The van der Waals surface area contributed by atoms with E-state index >= 15 is 0 Å². The molecule has 1 heterocycles. The Morgan fingerprint density at radius 3 is 2.78 bits per heavy atom. The Hall–Kier alpha value is -1.35. The molecule has 1 aliphatic rings. The van der Waals surface area contributed by atoms with Crippen LogP contribution in [0.3, 0.4) is 0 Å². The van der Waals surface area contributed by atoms with E-state index in [1.807, 2.05) is 30.9 Å². The van der Waals surface area contributed by atoms with Gasteiger partial charge >= 0.3 is 0 Å². The number of benzene rings is 1. The standard InChI is InChI=1S/C15H22N2O/c1-10-5-6-11(2)14(9-10)15(18)17-8-7-16-12(3)13(17)4/h5-6,9,12-13,16H,7-8H2,1-4H3. The molecule has 3 nitrogen and oxygen atoms in total. The van der Waals surface area contributed by atoms with Crippen LogP contribution in [-0.4, -0.2) is 36.0 Å². The van der Waals surface area contributed by atoms with Gasteiger partial charge in [-0.25, -0.2) is 0 Å². The van der Waals surface area contributed by atoms with Crippen molar-refractivity contribution >= 4 is 5.91 Å². The zero-order valence-electron chi connectivity index (χ0n) is 11.7. The third-order valence-corrected chi connectivity index (χ3v) is 3.92.